The highest BCUT2D eigenvalue weighted by molar-refractivity contribution is 5.96. The Labute approximate surface area is 237 Å². The molecule has 1 atom stereocenters. The van der Waals surface area contributed by atoms with Crippen molar-refractivity contribution in [3.63, 3.8) is 0 Å². The number of urea groups is 1. The number of aryl methyl sites for hydroxylation is 1. The van der Waals surface area contributed by atoms with Crippen LogP contribution in [0.25, 0.3) is 10.9 Å². The zero-order chi connectivity index (χ0) is 28.8. The predicted molar refractivity (Wildman–Crippen MR) is 154 cm³/mol. The zero-order valence-corrected chi connectivity index (χ0v) is 22.6. The van der Waals surface area contributed by atoms with Gasteiger partial charge in [-0.2, -0.15) is 0 Å². The normalized spacial score (nSPS) is 16.3. The van der Waals surface area contributed by atoms with Crippen molar-refractivity contribution < 1.29 is 24.3 Å². The molecule has 1 unspecified atom stereocenters. The molecule has 4 aromatic rings. The first-order chi connectivity index (χ1) is 19.8. The Kier molecular flexibility index (Phi) is 8.11. The molecule has 4 amide bonds. The summed E-state index contributed by atoms with van der Waals surface area (Å²) >= 11 is 0. The molecule has 210 valence electrons. The van der Waals surface area contributed by atoms with Crippen molar-refractivity contribution in [1.82, 2.24) is 20.7 Å². The van der Waals surface area contributed by atoms with Gasteiger partial charge in [0.2, 0.25) is 5.91 Å². The van der Waals surface area contributed by atoms with Gasteiger partial charge in [-0.15, -0.1) is 0 Å². The van der Waals surface area contributed by atoms with E-state index in [0.29, 0.717) is 36.6 Å². The summed E-state index contributed by atoms with van der Waals surface area (Å²) in [5.74, 6) is -0.458. The number of pyridine rings is 1. The number of hydrogen-bond donors (Lipinski definition) is 4. The molecule has 0 radical (unpaired) electrons. The fraction of sp³-hybridized carbons (Fsp3) is 0.226. The molecule has 0 saturated carbocycles. The Morgan fingerprint density at radius 1 is 1.00 bits per heavy atom. The number of fused-ring (bicyclic) bond motifs is 1. The lowest BCUT2D eigenvalue weighted by Crippen LogP contribution is -2.53. The second-order valence-electron chi connectivity index (χ2n) is 10.2. The number of nitrogens with one attached hydrogen (secondary N) is 3. The van der Waals surface area contributed by atoms with Crippen LogP contribution in [0.3, 0.4) is 0 Å². The average Bonchev–Trinajstić information content (AvgIpc) is 3.39. The molecule has 1 fully saturated rings. The summed E-state index contributed by atoms with van der Waals surface area (Å²) in [5.41, 5.74) is 4.43. The largest absolute Gasteiger partial charge is 0.489 e. The molecule has 1 aliphatic rings. The summed E-state index contributed by atoms with van der Waals surface area (Å²) in [6.45, 7) is 2.72. The number of likely N-dealkylation sites (tertiary alicyclic amines) is 1. The molecule has 1 aromatic heterocycles. The number of anilines is 1. The van der Waals surface area contributed by atoms with Crippen molar-refractivity contribution in [2.45, 2.75) is 31.9 Å². The van der Waals surface area contributed by atoms with E-state index in [1.54, 1.807) is 46.8 Å². The number of hydroxylamine groups is 1. The van der Waals surface area contributed by atoms with E-state index in [2.05, 4.69) is 15.6 Å². The zero-order valence-electron chi connectivity index (χ0n) is 22.6. The van der Waals surface area contributed by atoms with E-state index in [1.165, 1.54) is 0 Å². The Morgan fingerprint density at radius 3 is 2.49 bits per heavy atom. The molecule has 0 aliphatic carbocycles. The SMILES string of the molecule is Cc1cc(COc2ccc(C(=O)NC3(CC(=O)NO)CCN(C(=O)Nc4ccccc4)C3)cc2)c2ccccc2n1. The van der Waals surface area contributed by atoms with Crippen molar-refractivity contribution >= 4 is 34.4 Å². The first-order valence-corrected chi connectivity index (χ1v) is 13.3. The van der Waals surface area contributed by atoms with E-state index in [9.17, 15) is 14.4 Å². The van der Waals surface area contributed by atoms with Crippen LogP contribution in [-0.4, -0.2) is 51.6 Å². The van der Waals surface area contributed by atoms with Gasteiger partial charge in [0, 0.05) is 41.0 Å². The van der Waals surface area contributed by atoms with Crippen LogP contribution in [-0.2, 0) is 11.4 Å². The number of aromatic nitrogens is 1. The van der Waals surface area contributed by atoms with Gasteiger partial charge in [0.1, 0.15) is 12.4 Å². The van der Waals surface area contributed by atoms with Crippen molar-refractivity contribution in [3.8, 4) is 5.75 Å². The Bertz CT molecular complexity index is 1560. The number of nitrogens with zero attached hydrogens (tertiary/aromatic N) is 2. The number of benzene rings is 3. The van der Waals surface area contributed by atoms with Gasteiger partial charge in [0.25, 0.3) is 5.91 Å². The molecule has 1 saturated heterocycles. The van der Waals surface area contributed by atoms with Gasteiger partial charge in [0.15, 0.2) is 0 Å². The summed E-state index contributed by atoms with van der Waals surface area (Å²) < 4.78 is 6.01. The summed E-state index contributed by atoms with van der Waals surface area (Å²) in [4.78, 5) is 44.3. The number of carbonyl (C=O) groups excluding carboxylic acids is 3. The fourth-order valence-electron chi connectivity index (χ4n) is 5.10. The summed E-state index contributed by atoms with van der Waals surface area (Å²) in [7, 11) is 0. The molecule has 0 spiro atoms. The highest BCUT2D eigenvalue weighted by Crippen LogP contribution is 2.27. The smallest absolute Gasteiger partial charge is 0.321 e. The Balaban J connectivity index is 1.24. The molecular formula is C31H31N5O5. The maximum absolute atomic E-state index is 13.2. The second-order valence-corrected chi connectivity index (χ2v) is 10.2. The van der Waals surface area contributed by atoms with Gasteiger partial charge in [-0.25, -0.2) is 10.3 Å². The predicted octanol–water partition coefficient (Wildman–Crippen LogP) is 4.42. The maximum Gasteiger partial charge on any atom is 0.321 e. The standard InChI is InChI=1S/C31H31N5O5/c1-21-17-23(26-9-5-6-10-27(26)32-21)19-41-25-13-11-22(12-14-25)29(38)34-31(18-28(37)35-40)15-16-36(20-31)30(39)33-24-7-3-2-4-8-24/h2-14,17,40H,15-16,18-20H2,1H3,(H,33,39)(H,34,38)(H,35,37). The van der Waals surface area contributed by atoms with Gasteiger partial charge in [-0.3, -0.25) is 19.8 Å². The van der Waals surface area contributed by atoms with Crippen LogP contribution in [0.4, 0.5) is 10.5 Å². The number of para-hydroxylation sites is 2. The van der Waals surface area contributed by atoms with E-state index in [4.69, 9.17) is 9.94 Å². The summed E-state index contributed by atoms with van der Waals surface area (Å²) in [5, 5.41) is 15.9. The topological polar surface area (TPSA) is 133 Å². The lowest BCUT2D eigenvalue weighted by molar-refractivity contribution is -0.130. The van der Waals surface area contributed by atoms with Crippen LogP contribution in [0.1, 0.15) is 34.5 Å². The first-order valence-electron chi connectivity index (χ1n) is 13.3. The molecule has 10 heteroatoms. The highest BCUT2D eigenvalue weighted by Gasteiger charge is 2.43. The Morgan fingerprint density at radius 2 is 1.73 bits per heavy atom. The van der Waals surface area contributed by atoms with Gasteiger partial charge >= 0.3 is 6.03 Å². The minimum atomic E-state index is -1.05. The average molecular weight is 554 g/mol. The van der Waals surface area contributed by atoms with Gasteiger partial charge in [0.05, 0.1) is 17.5 Å². The van der Waals surface area contributed by atoms with Gasteiger partial charge in [-0.05, 0) is 61.9 Å². The minimum absolute atomic E-state index is 0.103. The van der Waals surface area contributed by atoms with Crippen LogP contribution in [0, 0.1) is 6.92 Å². The molecule has 41 heavy (non-hydrogen) atoms. The molecule has 2 heterocycles. The number of amides is 4. The third-order valence-corrected chi connectivity index (χ3v) is 7.11. The summed E-state index contributed by atoms with van der Waals surface area (Å²) in [6, 6.07) is 25.3. The molecule has 1 aliphatic heterocycles. The van der Waals surface area contributed by atoms with Crippen molar-refractivity contribution in [1.29, 1.82) is 0 Å². The summed E-state index contributed by atoms with van der Waals surface area (Å²) in [6.07, 6.45) is 0.153. The first kappa shape index (κ1) is 27.6. The van der Waals surface area contributed by atoms with E-state index >= 15 is 0 Å². The lowest BCUT2D eigenvalue weighted by atomic mass is 9.93. The quantitative estimate of drug-likeness (QED) is 0.189. The second kappa shape index (κ2) is 12.1. The highest BCUT2D eigenvalue weighted by atomic mass is 16.5. The van der Waals surface area contributed by atoms with Crippen LogP contribution < -0.4 is 20.9 Å². The van der Waals surface area contributed by atoms with E-state index in [1.807, 2.05) is 55.5 Å². The van der Waals surface area contributed by atoms with E-state index in [-0.39, 0.29) is 19.0 Å². The number of hydrogen-bond acceptors (Lipinski definition) is 6. The van der Waals surface area contributed by atoms with Crippen molar-refractivity contribution in [3.05, 3.63) is 102 Å². The van der Waals surface area contributed by atoms with Gasteiger partial charge in [-0.1, -0.05) is 36.4 Å². The van der Waals surface area contributed by atoms with Crippen molar-refractivity contribution in [2.24, 2.45) is 0 Å². The van der Waals surface area contributed by atoms with Crippen LogP contribution in [0.15, 0.2) is 84.9 Å². The van der Waals surface area contributed by atoms with Crippen LogP contribution in [0.5, 0.6) is 5.75 Å². The van der Waals surface area contributed by atoms with Crippen LogP contribution >= 0.6 is 0 Å². The van der Waals surface area contributed by atoms with E-state index in [0.717, 1.165) is 22.2 Å². The molecule has 3 aromatic carbocycles. The van der Waals surface area contributed by atoms with Gasteiger partial charge < -0.3 is 20.3 Å². The third-order valence-electron chi connectivity index (χ3n) is 7.11. The molecular weight excluding hydrogens is 522 g/mol. The molecule has 10 nitrogen and oxygen atoms in total. The minimum Gasteiger partial charge on any atom is -0.489 e. The fourth-order valence-corrected chi connectivity index (χ4v) is 5.10. The maximum atomic E-state index is 13.2. The third kappa shape index (κ3) is 6.62. The van der Waals surface area contributed by atoms with Crippen LogP contribution in [0.2, 0.25) is 0 Å². The molecule has 0 bridgehead atoms. The molecule has 4 N–H and O–H groups in total. The Hall–Kier alpha value is -4.96. The lowest BCUT2D eigenvalue weighted by Gasteiger charge is -2.30. The number of carbonyl (C=O) groups is 3. The molecule has 5 rings (SSSR count). The number of rotatable bonds is 8. The monoisotopic (exact) mass is 553 g/mol. The number of ether oxygens (including phenoxy) is 1. The van der Waals surface area contributed by atoms with E-state index < -0.39 is 17.4 Å². The van der Waals surface area contributed by atoms with Crippen molar-refractivity contribution in [2.75, 3.05) is 18.4 Å².